The molecule has 6 heteroatoms. The number of aliphatic hydroxyl groups excluding tert-OH is 1. The molecule has 1 aliphatic rings. The van der Waals surface area contributed by atoms with Crippen molar-refractivity contribution in [3.63, 3.8) is 0 Å². The highest BCUT2D eigenvalue weighted by Gasteiger charge is 2.33. The van der Waals surface area contributed by atoms with Crippen molar-refractivity contribution in [2.24, 2.45) is 0 Å². The summed E-state index contributed by atoms with van der Waals surface area (Å²) in [5.41, 5.74) is 0.438. The second-order valence-electron chi connectivity index (χ2n) is 4.53. The van der Waals surface area contributed by atoms with Crippen LogP contribution >= 0.6 is 11.6 Å². The standard InChI is InChI=1S/C13H18ClN3O2/c1-2-15-12-7-10(11(14)8-16-12)13(19)17(5-6-18)9-3-4-9/h7-9,18H,2-6H2,1H3,(H,15,16). The van der Waals surface area contributed by atoms with Crippen LogP contribution in [0.5, 0.6) is 0 Å². The lowest BCUT2D eigenvalue weighted by molar-refractivity contribution is 0.0708. The molecular formula is C13H18ClN3O2. The van der Waals surface area contributed by atoms with Gasteiger partial charge in [0.2, 0.25) is 0 Å². The first-order chi connectivity index (χ1) is 9.17. The van der Waals surface area contributed by atoms with Gasteiger partial charge >= 0.3 is 0 Å². The van der Waals surface area contributed by atoms with Gasteiger partial charge < -0.3 is 15.3 Å². The first kappa shape index (κ1) is 14.1. The number of pyridine rings is 1. The number of aromatic nitrogens is 1. The van der Waals surface area contributed by atoms with Crippen LogP contribution in [0.4, 0.5) is 5.82 Å². The lowest BCUT2D eigenvalue weighted by atomic mass is 10.2. The van der Waals surface area contributed by atoms with Crippen molar-refractivity contribution in [2.45, 2.75) is 25.8 Å². The van der Waals surface area contributed by atoms with Crippen LogP contribution in [-0.2, 0) is 0 Å². The van der Waals surface area contributed by atoms with Gasteiger partial charge in [0.25, 0.3) is 5.91 Å². The van der Waals surface area contributed by atoms with Gasteiger partial charge in [-0.2, -0.15) is 0 Å². The van der Waals surface area contributed by atoms with Crippen LogP contribution in [0.15, 0.2) is 12.3 Å². The zero-order chi connectivity index (χ0) is 13.8. The Kier molecular flexibility index (Phi) is 4.61. The monoisotopic (exact) mass is 283 g/mol. The Morgan fingerprint density at radius 1 is 1.63 bits per heavy atom. The number of halogens is 1. The molecule has 2 rings (SSSR count). The van der Waals surface area contributed by atoms with E-state index in [1.54, 1.807) is 11.0 Å². The van der Waals surface area contributed by atoms with E-state index < -0.39 is 0 Å². The average Bonchev–Trinajstić information content (AvgIpc) is 3.22. The van der Waals surface area contributed by atoms with E-state index in [2.05, 4.69) is 10.3 Å². The van der Waals surface area contributed by atoms with Gasteiger partial charge in [-0.3, -0.25) is 4.79 Å². The van der Waals surface area contributed by atoms with Crippen LogP contribution in [0.2, 0.25) is 5.02 Å². The smallest absolute Gasteiger partial charge is 0.255 e. The average molecular weight is 284 g/mol. The molecule has 0 aliphatic heterocycles. The number of carbonyl (C=O) groups is 1. The third kappa shape index (κ3) is 3.36. The molecule has 0 saturated heterocycles. The second kappa shape index (κ2) is 6.21. The number of nitrogens with zero attached hydrogens (tertiary/aromatic N) is 2. The van der Waals surface area contributed by atoms with E-state index in [9.17, 15) is 4.79 Å². The van der Waals surface area contributed by atoms with Gasteiger partial charge in [0.15, 0.2) is 0 Å². The summed E-state index contributed by atoms with van der Waals surface area (Å²) in [6.07, 6.45) is 3.47. The summed E-state index contributed by atoms with van der Waals surface area (Å²) in [5.74, 6) is 0.498. The Morgan fingerprint density at radius 2 is 2.37 bits per heavy atom. The van der Waals surface area contributed by atoms with Gasteiger partial charge in [-0.15, -0.1) is 0 Å². The van der Waals surface area contributed by atoms with Crippen LogP contribution in [0, 0.1) is 0 Å². The molecule has 1 aromatic heterocycles. The highest BCUT2D eigenvalue weighted by atomic mass is 35.5. The largest absolute Gasteiger partial charge is 0.395 e. The SMILES string of the molecule is CCNc1cc(C(=O)N(CCO)C2CC2)c(Cl)cn1. The fraction of sp³-hybridized carbons (Fsp3) is 0.538. The molecule has 1 heterocycles. The Labute approximate surface area is 117 Å². The zero-order valence-corrected chi connectivity index (χ0v) is 11.7. The summed E-state index contributed by atoms with van der Waals surface area (Å²) < 4.78 is 0. The van der Waals surface area contributed by atoms with Crippen molar-refractivity contribution in [3.8, 4) is 0 Å². The molecule has 0 atom stereocenters. The van der Waals surface area contributed by atoms with Crippen LogP contribution in [0.1, 0.15) is 30.1 Å². The summed E-state index contributed by atoms with van der Waals surface area (Å²) in [5, 5.41) is 12.5. The summed E-state index contributed by atoms with van der Waals surface area (Å²) >= 11 is 6.06. The van der Waals surface area contributed by atoms with Crippen molar-refractivity contribution in [1.82, 2.24) is 9.88 Å². The molecule has 0 spiro atoms. The van der Waals surface area contributed by atoms with E-state index in [1.807, 2.05) is 6.92 Å². The molecule has 104 valence electrons. The number of hydrogen-bond donors (Lipinski definition) is 2. The molecule has 0 aromatic carbocycles. The molecular weight excluding hydrogens is 266 g/mol. The minimum atomic E-state index is -0.136. The van der Waals surface area contributed by atoms with E-state index >= 15 is 0 Å². The van der Waals surface area contributed by atoms with Gasteiger partial charge in [-0.25, -0.2) is 4.98 Å². The predicted molar refractivity (Wildman–Crippen MR) is 74.6 cm³/mol. The third-order valence-electron chi connectivity index (χ3n) is 3.03. The van der Waals surface area contributed by atoms with Gasteiger partial charge in [0, 0.05) is 25.3 Å². The lowest BCUT2D eigenvalue weighted by Crippen LogP contribution is -2.35. The fourth-order valence-electron chi connectivity index (χ4n) is 1.98. The van der Waals surface area contributed by atoms with Crippen LogP contribution < -0.4 is 5.32 Å². The fourth-order valence-corrected chi connectivity index (χ4v) is 2.16. The number of anilines is 1. The first-order valence-electron chi connectivity index (χ1n) is 6.48. The zero-order valence-electron chi connectivity index (χ0n) is 10.9. The molecule has 2 N–H and O–H groups in total. The summed E-state index contributed by atoms with van der Waals surface area (Å²) in [7, 11) is 0. The molecule has 1 aromatic rings. The number of nitrogens with one attached hydrogen (secondary N) is 1. The quantitative estimate of drug-likeness (QED) is 0.835. The molecule has 0 radical (unpaired) electrons. The Balaban J connectivity index is 2.22. The predicted octanol–water partition coefficient (Wildman–Crippen LogP) is 1.76. The molecule has 0 unspecified atom stereocenters. The van der Waals surface area contributed by atoms with Crippen molar-refractivity contribution in [1.29, 1.82) is 0 Å². The van der Waals surface area contributed by atoms with Crippen molar-refractivity contribution < 1.29 is 9.90 Å². The van der Waals surface area contributed by atoms with Crippen LogP contribution in [-0.4, -0.2) is 46.6 Å². The molecule has 1 fully saturated rings. The normalized spacial score (nSPS) is 14.3. The molecule has 1 amide bonds. The highest BCUT2D eigenvalue weighted by molar-refractivity contribution is 6.33. The van der Waals surface area contributed by atoms with Crippen LogP contribution in [0.3, 0.4) is 0 Å². The van der Waals surface area contributed by atoms with Gasteiger partial charge in [0.05, 0.1) is 17.2 Å². The lowest BCUT2D eigenvalue weighted by Gasteiger charge is -2.22. The minimum absolute atomic E-state index is 0.0367. The van der Waals surface area contributed by atoms with Crippen molar-refractivity contribution in [3.05, 3.63) is 22.8 Å². The number of hydrogen-bond acceptors (Lipinski definition) is 4. The summed E-state index contributed by atoms with van der Waals surface area (Å²) in [6, 6.07) is 1.91. The van der Waals surface area contributed by atoms with Crippen LogP contribution in [0.25, 0.3) is 0 Å². The Hall–Kier alpha value is -1.33. The van der Waals surface area contributed by atoms with Gasteiger partial charge in [0.1, 0.15) is 5.82 Å². The van der Waals surface area contributed by atoms with E-state index in [1.165, 1.54) is 6.20 Å². The van der Waals surface area contributed by atoms with Gasteiger partial charge in [-0.05, 0) is 25.8 Å². The maximum absolute atomic E-state index is 12.5. The van der Waals surface area contributed by atoms with E-state index in [4.69, 9.17) is 16.7 Å². The summed E-state index contributed by atoms with van der Waals surface area (Å²) in [4.78, 5) is 18.3. The molecule has 0 bridgehead atoms. The topological polar surface area (TPSA) is 65.5 Å². The van der Waals surface area contributed by atoms with Crippen molar-refractivity contribution in [2.75, 3.05) is 25.0 Å². The Morgan fingerprint density at radius 3 is 2.95 bits per heavy atom. The molecule has 5 nitrogen and oxygen atoms in total. The van der Waals surface area contributed by atoms with Crippen molar-refractivity contribution >= 4 is 23.3 Å². The maximum Gasteiger partial charge on any atom is 0.255 e. The van der Waals surface area contributed by atoms with E-state index in [0.29, 0.717) is 22.9 Å². The summed E-state index contributed by atoms with van der Waals surface area (Å²) in [6.45, 7) is 3.00. The number of carbonyl (C=O) groups excluding carboxylic acids is 1. The highest BCUT2D eigenvalue weighted by Crippen LogP contribution is 2.29. The third-order valence-corrected chi connectivity index (χ3v) is 3.33. The minimum Gasteiger partial charge on any atom is -0.395 e. The number of amides is 1. The number of rotatable bonds is 6. The second-order valence-corrected chi connectivity index (χ2v) is 4.94. The molecule has 19 heavy (non-hydrogen) atoms. The molecule has 1 saturated carbocycles. The van der Waals surface area contributed by atoms with E-state index in [0.717, 1.165) is 19.4 Å². The maximum atomic E-state index is 12.5. The molecule has 1 aliphatic carbocycles. The van der Waals surface area contributed by atoms with Gasteiger partial charge in [-0.1, -0.05) is 11.6 Å². The first-order valence-corrected chi connectivity index (χ1v) is 6.86. The Bertz CT molecular complexity index is 463. The van der Waals surface area contributed by atoms with E-state index in [-0.39, 0.29) is 18.6 Å². The number of aliphatic hydroxyl groups is 1.